The molecule has 0 bridgehead atoms. The highest BCUT2D eigenvalue weighted by molar-refractivity contribution is 6.06. The summed E-state index contributed by atoms with van der Waals surface area (Å²) in [7, 11) is 1.31. The SMILES string of the molecule is COc1c(CN2CCC(F)C2)cc(C(F)(F)F)cc1NC(=O)c1ccc(C)c(N2C=C(c3ccc(NC(C)=O)nc3)NN2)c1. The van der Waals surface area contributed by atoms with Crippen molar-refractivity contribution < 1.29 is 31.9 Å². The zero-order chi connectivity index (χ0) is 31.6. The van der Waals surface area contributed by atoms with Crippen molar-refractivity contribution in [1.82, 2.24) is 20.8 Å². The summed E-state index contributed by atoms with van der Waals surface area (Å²) in [6, 6.07) is 10.1. The summed E-state index contributed by atoms with van der Waals surface area (Å²) in [6.45, 7) is 3.79. The molecule has 14 heteroatoms. The highest BCUT2D eigenvalue weighted by atomic mass is 19.4. The van der Waals surface area contributed by atoms with Crippen LogP contribution in [0.25, 0.3) is 5.70 Å². The van der Waals surface area contributed by atoms with E-state index in [4.69, 9.17) is 4.74 Å². The third-order valence-corrected chi connectivity index (χ3v) is 7.23. The Balaban J connectivity index is 1.39. The topological polar surface area (TPSA) is 111 Å². The molecule has 0 spiro atoms. The monoisotopic (exact) mass is 613 g/mol. The number of amides is 2. The van der Waals surface area contributed by atoms with E-state index in [0.29, 0.717) is 30.2 Å². The van der Waals surface area contributed by atoms with E-state index >= 15 is 0 Å². The molecule has 10 nitrogen and oxygen atoms in total. The van der Waals surface area contributed by atoms with Gasteiger partial charge in [0.15, 0.2) is 0 Å². The normalized spacial score (nSPS) is 16.8. The summed E-state index contributed by atoms with van der Waals surface area (Å²) in [6.07, 6.45) is -2.08. The van der Waals surface area contributed by atoms with Gasteiger partial charge in [-0.15, -0.1) is 5.53 Å². The van der Waals surface area contributed by atoms with Crippen LogP contribution in [-0.2, 0) is 17.5 Å². The number of alkyl halides is 4. The van der Waals surface area contributed by atoms with Crippen molar-refractivity contribution in [2.24, 2.45) is 0 Å². The van der Waals surface area contributed by atoms with Gasteiger partial charge >= 0.3 is 6.18 Å². The van der Waals surface area contributed by atoms with Crippen LogP contribution in [0.5, 0.6) is 5.75 Å². The molecule has 232 valence electrons. The number of aryl methyl sites for hydroxylation is 1. The second kappa shape index (κ2) is 12.5. The molecule has 0 aliphatic carbocycles. The zero-order valence-corrected chi connectivity index (χ0v) is 24.2. The molecule has 5 rings (SSSR count). The fourth-order valence-corrected chi connectivity index (χ4v) is 5.08. The predicted octanol–water partition coefficient (Wildman–Crippen LogP) is 5.00. The second-order valence-corrected chi connectivity index (χ2v) is 10.6. The first kappa shape index (κ1) is 30.8. The highest BCUT2D eigenvalue weighted by Crippen LogP contribution is 2.39. The zero-order valence-electron chi connectivity index (χ0n) is 24.2. The Morgan fingerprint density at radius 3 is 2.57 bits per heavy atom. The van der Waals surface area contributed by atoms with Gasteiger partial charge in [0.25, 0.3) is 5.91 Å². The van der Waals surface area contributed by atoms with Crippen molar-refractivity contribution >= 4 is 34.7 Å². The number of benzene rings is 2. The van der Waals surface area contributed by atoms with Gasteiger partial charge in [0.05, 0.1) is 29.7 Å². The number of anilines is 3. The average molecular weight is 614 g/mol. The Labute approximate surface area is 251 Å². The van der Waals surface area contributed by atoms with Crippen molar-refractivity contribution in [2.75, 3.05) is 35.8 Å². The number of aromatic nitrogens is 1. The van der Waals surface area contributed by atoms with Gasteiger partial charge in [-0.2, -0.15) is 13.2 Å². The second-order valence-electron chi connectivity index (χ2n) is 10.6. The largest absolute Gasteiger partial charge is 0.494 e. The number of carbonyl (C=O) groups is 2. The maximum absolute atomic E-state index is 13.8. The molecule has 1 fully saturated rings. The number of methoxy groups -OCH3 is 1. The number of pyridine rings is 1. The van der Waals surface area contributed by atoms with Gasteiger partial charge < -0.3 is 20.8 Å². The summed E-state index contributed by atoms with van der Waals surface area (Å²) in [4.78, 5) is 30.6. The van der Waals surface area contributed by atoms with Crippen LogP contribution < -0.4 is 31.3 Å². The number of carbonyl (C=O) groups excluding carboxylic acids is 2. The molecule has 3 heterocycles. The quantitative estimate of drug-likeness (QED) is 0.263. The van der Waals surface area contributed by atoms with Crippen LogP contribution in [0.3, 0.4) is 0 Å². The minimum Gasteiger partial charge on any atom is -0.494 e. The van der Waals surface area contributed by atoms with Gasteiger partial charge in [-0.05, 0) is 55.3 Å². The predicted molar refractivity (Wildman–Crippen MR) is 157 cm³/mol. The van der Waals surface area contributed by atoms with Crippen molar-refractivity contribution in [2.45, 2.75) is 39.2 Å². The number of nitrogens with zero attached hydrogens (tertiary/aromatic N) is 3. The minimum absolute atomic E-state index is 0.0405. The molecule has 4 N–H and O–H groups in total. The Kier molecular flexibility index (Phi) is 8.74. The van der Waals surface area contributed by atoms with Gasteiger partial charge in [-0.25, -0.2) is 9.37 Å². The van der Waals surface area contributed by atoms with Crippen LogP contribution in [0.4, 0.5) is 34.8 Å². The van der Waals surface area contributed by atoms with Gasteiger partial charge in [-0.3, -0.25) is 19.5 Å². The van der Waals surface area contributed by atoms with Crippen LogP contribution in [0.15, 0.2) is 54.9 Å². The molecule has 0 radical (unpaired) electrons. The number of hydrogen-bond donors (Lipinski definition) is 4. The lowest BCUT2D eigenvalue weighted by atomic mass is 10.1. The smallest absolute Gasteiger partial charge is 0.416 e. The maximum Gasteiger partial charge on any atom is 0.416 e. The number of halogens is 4. The van der Waals surface area contributed by atoms with E-state index in [-0.39, 0.29) is 41.6 Å². The molecule has 2 aliphatic heterocycles. The molecule has 1 unspecified atom stereocenters. The van der Waals surface area contributed by atoms with E-state index < -0.39 is 23.8 Å². The van der Waals surface area contributed by atoms with Crippen molar-refractivity contribution in [3.63, 3.8) is 0 Å². The molecule has 1 aromatic heterocycles. The standard InChI is InChI=1S/C30H31F4N7O3/c1-17-4-5-19(11-26(17)41-16-25(38-39-41)20-6-7-27(35-13-20)36-18(2)42)29(43)37-24-12-22(30(32,33)34)10-21(28(24)44-3)14-40-9-8-23(31)15-40/h4-7,10-13,16,23,38-39H,8-9,14-15H2,1-3H3,(H,37,43)(H,35,36,42). The Bertz CT molecular complexity index is 1590. The number of rotatable bonds is 8. The molecule has 3 aromatic rings. The maximum atomic E-state index is 13.8. The first-order chi connectivity index (χ1) is 20.9. The molecule has 1 atom stereocenters. The lowest BCUT2D eigenvalue weighted by molar-refractivity contribution is -0.137. The fourth-order valence-electron chi connectivity index (χ4n) is 5.08. The Morgan fingerprint density at radius 1 is 1.14 bits per heavy atom. The first-order valence-electron chi connectivity index (χ1n) is 13.7. The fraction of sp³-hybridized carbons (Fsp3) is 0.300. The summed E-state index contributed by atoms with van der Waals surface area (Å²) in [5.41, 5.74) is 8.13. The number of hydrazine groups is 2. The highest BCUT2D eigenvalue weighted by Gasteiger charge is 2.34. The number of ether oxygens (including phenoxy) is 1. The van der Waals surface area contributed by atoms with E-state index in [9.17, 15) is 27.2 Å². The molecule has 1 saturated heterocycles. The molecule has 2 amide bonds. The van der Waals surface area contributed by atoms with Crippen molar-refractivity contribution in [1.29, 1.82) is 0 Å². The van der Waals surface area contributed by atoms with Crippen molar-refractivity contribution in [3.8, 4) is 5.75 Å². The third-order valence-electron chi connectivity index (χ3n) is 7.23. The van der Waals surface area contributed by atoms with Gasteiger partial charge in [0, 0.05) is 55.6 Å². The van der Waals surface area contributed by atoms with Crippen LogP contribution >= 0.6 is 0 Å². The van der Waals surface area contributed by atoms with Crippen LogP contribution in [0.2, 0.25) is 0 Å². The van der Waals surface area contributed by atoms with E-state index in [1.165, 1.54) is 14.0 Å². The van der Waals surface area contributed by atoms with E-state index in [1.54, 1.807) is 52.6 Å². The first-order valence-corrected chi connectivity index (χ1v) is 13.7. The molecule has 44 heavy (non-hydrogen) atoms. The Morgan fingerprint density at radius 2 is 1.93 bits per heavy atom. The summed E-state index contributed by atoms with van der Waals surface area (Å²) >= 11 is 0. The molecule has 0 saturated carbocycles. The van der Waals surface area contributed by atoms with Crippen LogP contribution in [-0.4, -0.2) is 48.1 Å². The average Bonchev–Trinajstić information content (AvgIpc) is 3.62. The Hall–Kier alpha value is -4.69. The van der Waals surface area contributed by atoms with Crippen LogP contribution in [0.1, 0.15) is 46.0 Å². The minimum atomic E-state index is -4.68. The molecule has 2 aliphatic rings. The molecular weight excluding hydrogens is 582 g/mol. The summed E-state index contributed by atoms with van der Waals surface area (Å²) in [5.74, 6) is -0.389. The van der Waals surface area contributed by atoms with Crippen LogP contribution in [0, 0.1) is 6.92 Å². The van der Waals surface area contributed by atoms with Gasteiger partial charge in [-0.1, -0.05) is 6.07 Å². The third kappa shape index (κ3) is 6.92. The van der Waals surface area contributed by atoms with E-state index in [0.717, 1.165) is 23.3 Å². The van der Waals surface area contributed by atoms with Gasteiger partial charge in [0.2, 0.25) is 5.91 Å². The number of likely N-dealkylation sites (tertiary alicyclic amines) is 1. The number of hydrogen-bond acceptors (Lipinski definition) is 8. The summed E-state index contributed by atoms with van der Waals surface area (Å²) < 4.78 is 60.7. The van der Waals surface area contributed by atoms with E-state index in [1.807, 2.05) is 6.92 Å². The lowest BCUT2D eigenvalue weighted by Crippen LogP contribution is -2.36. The lowest BCUT2D eigenvalue weighted by Gasteiger charge is -2.22. The summed E-state index contributed by atoms with van der Waals surface area (Å²) in [5, 5.41) is 6.85. The van der Waals surface area contributed by atoms with Gasteiger partial charge in [0.1, 0.15) is 17.7 Å². The van der Waals surface area contributed by atoms with E-state index in [2.05, 4.69) is 26.6 Å². The van der Waals surface area contributed by atoms with Crippen molar-refractivity contribution in [3.05, 3.63) is 82.7 Å². The number of nitrogens with one attached hydrogen (secondary N) is 4. The molecule has 2 aromatic carbocycles. The molecular formula is C30H31F4N7O3.